The molecule has 2 nitrogen and oxygen atoms in total. The number of hydrogen-bond acceptors (Lipinski definition) is 2. The van der Waals surface area contributed by atoms with Crippen LogP contribution >= 0.6 is 0 Å². The van der Waals surface area contributed by atoms with Crippen molar-refractivity contribution < 1.29 is 5.21 Å². The van der Waals surface area contributed by atoms with Crippen molar-refractivity contribution in [2.24, 2.45) is 5.16 Å². The fourth-order valence-electron chi connectivity index (χ4n) is 0.423. The summed E-state index contributed by atoms with van der Waals surface area (Å²) in [7, 11) is 0. The van der Waals surface area contributed by atoms with Crippen molar-refractivity contribution in [2.45, 2.75) is 0 Å². The molecule has 1 heterocycles. The molecule has 3 heteroatoms. The van der Waals surface area contributed by atoms with Crippen LogP contribution in [-0.2, 0) is 0 Å². The monoisotopic (exact) mass is 175 g/mol. The van der Waals surface area contributed by atoms with Crippen LogP contribution in [0.2, 0.25) is 0 Å². The molecule has 0 aromatic carbocycles. The maximum absolute atomic E-state index is 8.22. The van der Waals surface area contributed by atoms with Gasteiger partial charge < -0.3 is 0 Å². The zero-order valence-electron chi connectivity index (χ0n) is 4.16. The molecular weight excluding hydrogens is 169 g/mol. The molecule has 0 aromatic heterocycles. The van der Waals surface area contributed by atoms with Crippen molar-refractivity contribution in [3.8, 4) is 0 Å². The van der Waals surface area contributed by atoms with Crippen molar-refractivity contribution >= 4 is 20.7 Å². The van der Waals surface area contributed by atoms with Gasteiger partial charge in [0.2, 0.25) is 0 Å². The van der Waals surface area contributed by atoms with Gasteiger partial charge in [0.25, 0.3) is 0 Å². The quantitative estimate of drug-likeness (QED) is 0.325. The zero-order valence-corrected chi connectivity index (χ0v) is 5.88. The van der Waals surface area contributed by atoms with Crippen LogP contribution in [0.15, 0.2) is 27.3 Å². The summed E-state index contributed by atoms with van der Waals surface area (Å²) in [6.45, 7) is 3.68. The van der Waals surface area contributed by atoms with E-state index in [1.807, 2.05) is 4.97 Å². The van der Waals surface area contributed by atoms with Gasteiger partial charge in [-0.3, -0.25) is 0 Å². The Kier molecular flexibility index (Phi) is 1.51. The zero-order chi connectivity index (χ0) is 5.98. The topological polar surface area (TPSA) is 32.6 Å². The van der Waals surface area contributed by atoms with E-state index in [1.165, 1.54) is 0 Å². The van der Waals surface area contributed by atoms with Crippen molar-refractivity contribution in [3.05, 3.63) is 22.1 Å². The molecule has 0 aromatic rings. The van der Waals surface area contributed by atoms with Crippen molar-refractivity contribution in [2.75, 3.05) is 0 Å². The first-order chi connectivity index (χ1) is 3.84. The standard InChI is InChI=1S/C5H5NOSe/c1-4-5(6-7)2-3-8-4/h2-3,7H,1H2/b6-5+. The minimum atomic E-state index is 0.335. The molecule has 1 rings (SSSR count). The van der Waals surface area contributed by atoms with Gasteiger partial charge >= 0.3 is 53.1 Å². The van der Waals surface area contributed by atoms with E-state index in [2.05, 4.69) is 11.7 Å². The Bertz CT molecular complexity index is 171. The Hall–Kier alpha value is -0.531. The molecule has 0 saturated carbocycles. The number of nitrogens with zero attached hydrogens (tertiary/aromatic N) is 1. The van der Waals surface area contributed by atoms with Crippen LogP contribution in [0.5, 0.6) is 0 Å². The van der Waals surface area contributed by atoms with Gasteiger partial charge in [0.1, 0.15) is 0 Å². The molecule has 1 aliphatic heterocycles. The van der Waals surface area contributed by atoms with Gasteiger partial charge in [0.15, 0.2) is 0 Å². The summed E-state index contributed by atoms with van der Waals surface area (Å²) in [4.78, 5) is 1.98. The third kappa shape index (κ3) is 0.831. The van der Waals surface area contributed by atoms with Crippen molar-refractivity contribution in [1.82, 2.24) is 0 Å². The normalized spacial score (nSPS) is 23.0. The number of rotatable bonds is 0. The van der Waals surface area contributed by atoms with E-state index in [9.17, 15) is 0 Å². The Morgan fingerprint density at radius 2 is 2.50 bits per heavy atom. The molecule has 0 aliphatic carbocycles. The Morgan fingerprint density at radius 1 is 1.75 bits per heavy atom. The van der Waals surface area contributed by atoms with E-state index in [-0.39, 0.29) is 0 Å². The van der Waals surface area contributed by atoms with E-state index in [4.69, 9.17) is 5.21 Å². The van der Waals surface area contributed by atoms with Crippen LogP contribution in [0.1, 0.15) is 0 Å². The van der Waals surface area contributed by atoms with E-state index < -0.39 is 0 Å². The van der Waals surface area contributed by atoms with Gasteiger partial charge in [0, 0.05) is 0 Å². The summed E-state index contributed by atoms with van der Waals surface area (Å²) in [5, 5.41) is 11.2. The summed E-state index contributed by atoms with van der Waals surface area (Å²) >= 11 is 0.335. The average Bonchev–Trinajstić information content (AvgIpc) is 2.14. The maximum atomic E-state index is 8.22. The Morgan fingerprint density at radius 3 is 2.75 bits per heavy atom. The minimum absolute atomic E-state index is 0.335. The van der Waals surface area contributed by atoms with Crippen LogP contribution in [0.25, 0.3) is 0 Å². The van der Waals surface area contributed by atoms with Crippen LogP contribution in [0.3, 0.4) is 0 Å². The predicted molar refractivity (Wildman–Crippen MR) is 33.3 cm³/mol. The van der Waals surface area contributed by atoms with Gasteiger partial charge in [0.05, 0.1) is 0 Å². The second-order valence-electron chi connectivity index (χ2n) is 1.33. The molecule has 1 N–H and O–H groups in total. The molecule has 0 radical (unpaired) electrons. The summed E-state index contributed by atoms with van der Waals surface area (Å²) in [5.74, 6) is 0. The van der Waals surface area contributed by atoms with Crippen LogP contribution in [-0.4, -0.2) is 25.9 Å². The number of oxime groups is 1. The molecule has 8 heavy (non-hydrogen) atoms. The van der Waals surface area contributed by atoms with Gasteiger partial charge in [-0.05, 0) is 0 Å². The van der Waals surface area contributed by atoms with E-state index in [0.717, 1.165) is 4.47 Å². The van der Waals surface area contributed by atoms with Gasteiger partial charge in [-0.1, -0.05) is 0 Å². The average molecular weight is 174 g/mol. The molecule has 0 spiro atoms. The SMILES string of the molecule is C=C1[Se]C=C/C1=N\O. The number of hydrogen-bond donors (Lipinski definition) is 1. The molecule has 0 atom stereocenters. The fraction of sp³-hybridized carbons (Fsp3) is 0. The fourth-order valence-corrected chi connectivity index (χ4v) is 1.66. The van der Waals surface area contributed by atoms with Gasteiger partial charge in [-0.25, -0.2) is 0 Å². The second kappa shape index (κ2) is 2.16. The summed E-state index contributed by atoms with van der Waals surface area (Å²) < 4.78 is 0.944. The van der Waals surface area contributed by atoms with Gasteiger partial charge in [-0.2, -0.15) is 0 Å². The summed E-state index contributed by atoms with van der Waals surface area (Å²) in [5.41, 5.74) is 0.630. The van der Waals surface area contributed by atoms with Crippen LogP contribution in [0, 0.1) is 0 Å². The van der Waals surface area contributed by atoms with Crippen LogP contribution < -0.4 is 0 Å². The Labute approximate surface area is 53.7 Å². The van der Waals surface area contributed by atoms with E-state index >= 15 is 0 Å². The van der Waals surface area contributed by atoms with Crippen molar-refractivity contribution in [3.63, 3.8) is 0 Å². The predicted octanol–water partition coefficient (Wildman–Crippen LogP) is 0.562. The molecule has 0 amide bonds. The first-order valence-electron chi connectivity index (χ1n) is 2.09. The molecule has 42 valence electrons. The molecule has 0 fully saturated rings. The molecule has 1 aliphatic rings. The third-order valence-electron chi connectivity index (χ3n) is 0.830. The molecule has 0 saturated heterocycles. The van der Waals surface area contributed by atoms with Crippen molar-refractivity contribution in [1.29, 1.82) is 0 Å². The first kappa shape index (κ1) is 5.60. The Balaban J connectivity index is 2.82. The van der Waals surface area contributed by atoms with Crippen LogP contribution in [0.4, 0.5) is 0 Å². The number of allylic oxidation sites excluding steroid dienone is 2. The first-order valence-corrected chi connectivity index (χ1v) is 3.93. The molecule has 0 bridgehead atoms. The molecular formula is C5H5NOSe. The third-order valence-corrected chi connectivity index (χ3v) is 2.44. The summed E-state index contributed by atoms with van der Waals surface area (Å²) in [6.07, 6.45) is 1.78. The summed E-state index contributed by atoms with van der Waals surface area (Å²) in [6, 6.07) is 0. The van der Waals surface area contributed by atoms with E-state index in [0.29, 0.717) is 20.7 Å². The van der Waals surface area contributed by atoms with E-state index in [1.54, 1.807) is 6.08 Å². The molecule has 0 unspecified atom stereocenters. The van der Waals surface area contributed by atoms with Gasteiger partial charge in [-0.15, -0.1) is 0 Å². The second-order valence-corrected chi connectivity index (χ2v) is 3.43.